The lowest BCUT2D eigenvalue weighted by molar-refractivity contribution is 0.0851. The molecular weight excluding hydrogens is 400 g/mol. The molecule has 3 aromatic rings. The molecule has 130 valence electrons. The highest BCUT2D eigenvalue weighted by atomic mass is 79.9. The third-order valence-electron chi connectivity index (χ3n) is 4.49. The average Bonchev–Trinajstić information content (AvgIpc) is 3.32. The Morgan fingerprint density at radius 3 is 2.92 bits per heavy atom. The van der Waals surface area contributed by atoms with E-state index in [0.29, 0.717) is 18.8 Å². The Kier molecular flexibility index (Phi) is 4.92. The van der Waals surface area contributed by atoms with Crippen LogP contribution in [0.4, 0.5) is 0 Å². The van der Waals surface area contributed by atoms with E-state index in [1.165, 1.54) is 5.56 Å². The molecule has 0 spiro atoms. The fourth-order valence-electron chi connectivity index (χ4n) is 3.24. The Morgan fingerprint density at radius 1 is 1.32 bits per heavy atom. The second kappa shape index (κ2) is 7.32. The summed E-state index contributed by atoms with van der Waals surface area (Å²) in [4.78, 5) is 12.8. The number of aromatic nitrogens is 1. The lowest BCUT2D eigenvalue weighted by atomic mass is 10.2. The van der Waals surface area contributed by atoms with Crippen LogP contribution in [0.25, 0.3) is 10.2 Å². The third kappa shape index (κ3) is 3.66. The summed E-state index contributed by atoms with van der Waals surface area (Å²) in [6.45, 7) is 2.05. The van der Waals surface area contributed by atoms with E-state index in [-0.39, 0.29) is 12.0 Å². The van der Waals surface area contributed by atoms with Crippen molar-refractivity contribution in [2.24, 2.45) is 0 Å². The predicted molar refractivity (Wildman–Crippen MR) is 104 cm³/mol. The first-order chi connectivity index (χ1) is 12.2. The van der Waals surface area contributed by atoms with E-state index in [4.69, 9.17) is 4.74 Å². The van der Waals surface area contributed by atoms with Crippen LogP contribution in [0, 0.1) is 0 Å². The van der Waals surface area contributed by atoms with Gasteiger partial charge in [0.1, 0.15) is 5.69 Å². The van der Waals surface area contributed by atoms with Gasteiger partial charge in [-0.3, -0.25) is 4.79 Å². The Morgan fingerprint density at radius 2 is 2.16 bits per heavy atom. The molecular formula is C19H19BrN2O2S. The number of benzene rings is 1. The van der Waals surface area contributed by atoms with Gasteiger partial charge < -0.3 is 14.6 Å². The van der Waals surface area contributed by atoms with Gasteiger partial charge in [-0.25, -0.2) is 0 Å². The zero-order chi connectivity index (χ0) is 17.2. The second-order valence-electron chi connectivity index (χ2n) is 6.25. The zero-order valence-corrected chi connectivity index (χ0v) is 16.1. The van der Waals surface area contributed by atoms with E-state index in [1.54, 1.807) is 11.3 Å². The van der Waals surface area contributed by atoms with Crippen molar-refractivity contribution < 1.29 is 9.53 Å². The smallest absolute Gasteiger partial charge is 0.268 e. The molecule has 4 rings (SSSR count). The van der Waals surface area contributed by atoms with Crippen LogP contribution in [-0.4, -0.2) is 29.7 Å². The molecule has 1 aromatic carbocycles. The normalized spacial score (nSPS) is 17.2. The number of carbonyl (C=O) groups excluding carboxylic acids is 1. The maximum absolute atomic E-state index is 12.8. The van der Waals surface area contributed by atoms with Gasteiger partial charge in [0.2, 0.25) is 0 Å². The summed E-state index contributed by atoms with van der Waals surface area (Å²) >= 11 is 5.20. The lowest BCUT2D eigenvalue weighted by Gasteiger charge is -2.13. The number of hydrogen-bond acceptors (Lipinski definition) is 3. The number of carbonyl (C=O) groups is 1. The van der Waals surface area contributed by atoms with Crippen molar-refractivity contribution in [3.63, 3.8) is 0 Å². The van der Waals surface area contributed by atoms with Gasteiger partial charge in [-0.1, -0.05) is 30.3 Å². The van der Waals surface area contributed by atoms with Crippen molar-refractivity contribution in [3.05, 3.63) is 57.5 Å². The minimum absolute atomic E-state index is 0.0362. The number of hydrogen-bond donors (Lipinski definition) is 1. The molecule has 2 aromatic heterocycles. The zero-order valence-electron chi connectivity index (χ0n) is 13.7. The first kappa shape index (κ1) is 16.8. The maximum Gasteiger partial charge on any atom is 0.268 e. The standard InChI is InChI=1S/C19H19BrN2O2S/c20-18-10-15-17(25-18)9-16(19(23)21-11-14-7-4-8-24-14)22(15)12-13-5-2-1-3-6-13/h1-3,5-6,9-10,14H,4,7-8,11-12H2,(H,21,23). The first-order valence-corrected chi connectivity index (χ1v) is 10.0. The van der Waals surface area contributed by atoms with Gasteiger partial charge in [0.05, 0.1) is 20.1 Å². The van der Waals surface area contributed by atoms with Crippen LogP contribution in [0.3, 0.4) is 0 Å². The molecule has 1 atom stereocenters. The van der Waals surface area contributed by atoms with Crippen molar-refractivity contribution in [1.29, 1.82) is 0 Å². The molecule has 1 amide bonds. The largest absolute Gasteiger partial charge is 0.376 e. The van der Waals surface area contributed by atoms with Gasteiger partial charge in [-0.15, -0.1) is 11.3 Å². The van der Waals surface area contributed by atoms with Crippen molar-refractivity contribution in [3.8, 4) is 0 Å². The van der Waals surface area contributed by atoms with Gasteiger partial charge in [-0.05, 0) is 46.5 Å². The summed E-state index contributed by atoms with van der Waals surface area (Å²) in [6, 6.07) is 14.3. The number of ether oxygens (including phenoxy) is 1. The number of fused-ring (bicyclic) bond motifs is 1. The quantitative estimate of drug-likeness (QED) is 0.665. The molecule has 1 saturated heterocycles. The Bertz CT molecular complexity index is 882. The summed E-state index contributed by atoms with van der Waals surface area (Å²) in [6.07, 6.45) is 2.25. The van der Waals surface area contributed by atoms with E-state index in [1.807, 2.05) is 24.3 Å². The van der Waals surface area contributed by atoms with Crippen LogP contribution in [0.15, 0.2) is 46.3 Å². The fraction of sp³-hybridized carbons (Fsp3) is 0.316. The van der Waals surface area contributed by atoms with Gasteiger partial charge in [0.25, 0.3) is 5.91 Å². The number of nitrogens with one attached hydrogen (secondary N) is 1. The monoisotopic (exact) mass is 418 g/mol. The minimum Gasteiger partial charge on any atom is -0.376 e. The number of nitrogens with zero attached hydrogens (tertiary/aromatic N) is 1. The fourth-order valence-corrected chi connectivity index (χ4v) is 4.80. The number of thiophene rings is 1. The Labute approximate surface area is 158 Å². The van der Waals surface area contributed by atoms with E-state index >= 15 is 0 Å². The first-order valence-electron chi connectivity index (χ1n) is 8.43. The molecule has 0 saturated carbocycles. The molecule has 6 heteroatoms. The number of rotatable bonds is 5. The highest BCUT2D eigenvalue weighted by molar-refractivity contribution is 9.11. The summed E-state index contributed by atoms with van der Waals surface area (Å²) in [5, 5.41) is 3.04. The van der Waals surface area contributed by atoms with Crippen LogP contribution < -0.4 is 5.32 Å². The summed E-state index contributed by atoms with van der Waals surface area (Å²) in [5.41, 5.74) is 2.97. The van der Waals surface area contributed by atoms with Crippen molar-refractivity contribution in [2.45, 2.75) is 25.5 Å². The molecule has 4 nitrogen and oxygen atoms in total. The van der Waals surface area contributed by atoms with Gasteiger partial charge >= 0.3 is 0 Å². The molecule has 25 heavy (non-hydrogen) atoms. The highest BCUT2D eigenvalue weighted by Gasteiger charge is 2.20. The van der Waals surface area contributed by atoms with Crippen molar-refractivity contribution in [1.82, 2.24) is 9.88 Å². The second-order valence-corrected chi connectivity index (χ2v) is 8.71. The minimum atomic E-state index is -0.0362. The van der Waals surface area contributed by atoms with Gasteiger partial charge in [0.15, 0.2) is 0 Å². The Hall–Kier alpha value is -1.63. The molecule has 1 aliphatic heterocycles. The average molecular weight is 419 g/mol. The van der Waals surface area contributed by atoms with Crippen LogP contribution >= 0.6 is 27.3 Å². The SMILES string of the molecule is O=C(NCC1CCCO1)c1cc2sc(Br)cc2n1Cc1ccccc1. The molecule has 1 unspecified atom stereocenters. The predicted octanol–water partition coefficient (Wildman–Crippen LogP) is 4.42. The summed E-state index contributed by atoms with van der Waals surface area (Å²) in [5.74, 6) is -0.0362. The van der Waals surface area contributed by atoms with E-state index in [2.05, 4.69) is 44.0 Å². The lowest BCUT2D eigenvalue weighted by Crippen LogP contribution is -2.33. The summed E-state index contributed by atoms with van der Waals surface area (Å²) < 4.78 is 9.88. The highest BCUT2D eigenvalue weighted by Crippen LogP contribution is 2.33. The van der Waals surface area contributed by atoms with E-state index < -0.39 is 0 Å². The van der Waals surface area contributed by atoms with Crippen LogP contribution in [0.5, 0.6) is 0 Å². The van der Waals surface area contributed by atoms with E-state index in [0.717, 1.165) is 33.5 Å². The van der Waals surface area contributed by atoms with Crippen LogP contribution in [-0.2, 0) is 11.3 Å². The topological polar surface area (TPSA) is 43.3 Å². The molecule has 0 radical (unpaired) electrons. The summed E-state index contributed by atoms with van der Waals surface area (Å²) in [7, 11) is 0. The van der Waals surface area contributed by atoms with Crippen molar-refractivity contribution in [2.75, 3.05) is 13.2 Å². The molecule has 1 aliphatic rings. The van der Waals surface area contributed by atoms with E-state index in [9.17, 15) is 4.79 Å². The van der Waals surface area contributed by atoms with Crippen LogP contribution in [0.1, 0.15) is 28.9 Å². The Balaban J connectivity index is 1.61. The molecule has 1 fully saturated rings. The van der Waals surface area contributed by atoms with Gasteiger partial charge in [0, 0.05) is 19.7 Å². The van der Waals surface area contributed by atoms with Gasteiger partial charge in [-0.2, -0.15) is 0 Å². The number of halogens is 1. The number of amides is 1. The van der Waals surface area contributed by atoms with Crippen molar-refractivity contribution >= 4 is 43.4 Å². The molecule has 0 bridgehead atoms. The molecule has 0 aliphatic carbocycles. The maximum atomic E-state index is 12.8. The molecule has 3 heterocycles. The third-order valence-corrected chi connectivity index (χ3v) is 6.06. The molecule has 1 N–H and O–H groups in total. The van der Waals surface area contributed by atoms with Crippen LogP contribution in [0.2, 0.25) is 0 Å².